The third kappa shape index (κ3) is 1.99. The molecule has 0 unspecified atom stereocenters. The van der Waals surface area contributed by atoms with Crippen molar-refractivity contribution < 1.29 is 19.2 Å². The van der Waals surface area contributed by atoms with Crippen LogP contribution in [0.15, 0.2) is 0 Å². The monoisotopic (exact) mass is 159 g/mol. The molecule has 0 bridgehead atoms. The second-order valence-corrected chi connectivity index (χ2v) is 2.36. The number of ether oxygens (including phenoxy) is 1. The molecule has 1 aliphatic heterocycles. The van der Waals surface area contributed by atoms with Crippen LogP contribution in [0.25, 0.3) is 0 Å². The number of nitrogens with two attached hydrogens (primary N) is 1. The Labute approximate surface area is 63.4 Å². The Morgan fingerprint density at radius 1 is 1.73 bits per heavy atom. The first-order valence-electron chi connectivity index (χ1n) is 3.26. The maximum atomic E-state index is 10.7. The Morgan fingerprint density at radius 3 is 3.00 bits per heavy atom. The minimum atomic E-state index is -0.690. The largest absolute Gasteiger partial charge is 0.454 e. The van der Waals surface area contributed by atoms with E-state index >= 15 is 0 Å². The third-order valence-electron chi connectivity index (χ3n) is 1.52. The van der Waals surface area contributed by atoms with Crippen molar-refractivity contribution in [3.63, 3.8) is 0 Å². The Bertz CT molecular complexity index is 170. The highest BCUT2D eigenvalue weighted by Crippen LogP contribution is 2.14. The fraction of sp³-hybridized carbons (Fsp3) is 0.667. The number of carbonyl (C=O) groups is 2. The van der Waals surface area contributed by atoms with Gasteiger partial charge in [0.25, 0.3) is 0 Å². The smallest absolute Gasteiger partial charge is 0.309 e. The average molecular weight is 159 g/mol. The minimum absolute atomic E-state index is 0.126. The highest BCUT2D eigenvalue weighted by atomic mass is 16.6. The molecule has 1 aliphatic rings. The van der Waals surface area contributed by atoms with Gasteiger partial charge in [-0.15, -0.1) is 0 Å². The van der Waals surface area contributed by atoms with Gasteiger partial charge in [0.15, 0.2) is 12.4 Å². The molecule has 0 aromatic carbocycles. The molecule has 1 saturated heterocycles. The van der Waals surface area contributed by atoms with E-state index in [1.165, 1.54) is 0 Å². The zero-order chi connectivity index (χ0) is 8.27. The predicted molar refractivity (Wildman–Crippen MR) is 34.2 cm³/mol. The lowest BCUT2D eigenvalue weighted by Gasteiger charge is -2.23. The van der Waals surface area contributed by atoms with Crippen LogP contribution >= 0.6 is 0 Å². The molecule has 62 valence electrons. The van der Waals surface area contributed by atoms with Gasteiger partial charge in [-0.3, -0.25) is 9.59 Å². The van der Waals surface area contributed by atoms with Gasteiger partial charge >= 0.3 is 5.97 Å². The number of hydrogen-bond acceptors (Lipinski definition) is 5. The van der Waals surface area contributed by atoms with E-state index in [1.54, 1.807) is 0 Å². The van der Waals surface area contributed by atoms with Gasteiger partial charge in [0.2, 0.25) is 0 Å². The summed E-state index contributed by atoms with van der Waals surface area (Å²) in [5.74, 6) is 4.42. The molecular weight excluding hydrogens is 150 g/mol. The van der Waals surface area contributed by atoms with Gasteiger partial charge in [0.1, 0.15) is 0 Å². The van der Waals surface area contributed by atoms with Crippen molar-refractivity contribution in [3.8, 4) is 0 Å². The summed E-state index contributed by atoms with van der Waals surface area (Å²) in [6.45, 7) is 0. The van der Waals surface area contributed by atoms with E-state index in [2.05, 4.69) is 9.57 Å². The Balaban J connectivity index is 2.50. The fourth-order valence-corrected chi connectivity index (χ4v) is 0.980. The molecule has 0 amide bonds. The van der Waals surface area contributed by atoms with Crippen LogP contribution < -0.4 is 5.90 Å². The fourth-order valence-electron chi connectivity index (χ4n) is 0.980. The molecule has 2 N–H and O–H groups in total. The molecule has 0 saturated carbocycles. The molecule has 0 aromatic heterocycles. The second kappa shape index (κ2) is 3.45. The summed E-state index contributed by atoms with van der Waals surface area (Å²) < 4.78 is 4.62. The highest BCUT2D eigenvalue weighted by Gasteiger charge is 2.28. The van der Waals surface area contributed by atoms with Crippen molar-refractivity contribution in [3.05, 3.63) is 0 Å². The third-order valence-corrected chi connectivity index (χ3v) is 1.52. The quantitative estimate of drug-likeness (QED) is 0.322. The lowest BCUT2D eigenvalue weighted by molar-refractivity contribution is -0.164. The topological polar surface area (TPSA) is 78.6 Å². The zero-order valence-corrected chi connectivity index (χ0v) is 5.86. The molecule has 0 aliphatic carbocycles. The first-order chi connectivity index (χ1) is 5.26. The average Bonchev–Trinajstić information content (AvgIpc) is 2.03. The molecule has 0 radical (unpaired) electrons. The minimum Gasteiger partial charge on any atom is -0.454 e. The number of cyclic esters (lactones) is 1. The predicted octanol–water partition coefficient (Wildman–Crippen LogP) is -0.850. The lowest BCUT2D eigenvalue weighted by atomic mass is 10.1. The summed E-state index contributed by atoms with van der Waals surface area (Å²) in [6, 6.07) is 0. The van der Waals surface area contributed by atoms with Crippen LogP contribution in [0.2, 0.25) is 0 Å². The number of hydrogen-bond donors (Lipinski definition) is 1. The summed E-state index contributed by atoms with van der Waals surface area (Å²) in [5.41, 5.74) is 0. The molecule has 11 heavy (non-hydrogen) atoms. The van der Waals surface area contributed by atoms with Crippen molar-refractivity contribution in [2.24, 2.45) is 5.90 Å². The maximum Gasteiger partial charge on any atom is 0.309 e. The Hall–Kier alpha value is -0.940. The van der Waals surface area contributed by atoms with Gasteiger partial charge in [0, 0.05) is 6.42 Å². The molecule has 5 heteroatoms. The van der Waals surface area contributed by atoms with Crippen molar-refractivity contribution in [2.45, 2.75) is 25.0 Å². The van der Waals surface area contributed by atoms with E-state index in [-0.39, 0.29) is 12.5 Å². The number of esters is 1. The van der Waals surface area contributed by atoms with Gasteiger partial charge in [0.05, 0.1) is 12.5 Å². The molecule has 1 heterocycles. The Morgan fingerprint density at radius 2 is 2.45 bits per heavy atom. The van der Waals surface area contributed by atoms with Gasteiger partial charge in [-0.1, -0.05) is 0 Å². The van der Waals surface area contributed by atoms with Crippen LogP contribution in [0.1, 0.15) is 12.8 Å². The van der Waals surface area contributed by atoms with E-state index in [0.717, 1.165) is 0 Å². The van der Waals surface area contributed by atoms with Crippen LogP contribution in [0.4, 0.5) is 0 Å². The maximum absolute atomic E-state index is 10.7. The van der Waals surface area contributed by atoms with Crippen LogP contribution in [-0.2, 0) is 19.2 Å². The van der Waals surface area contributed by atoms with E-state index < -0.39 is 12.1 Å². The molecule has 2 atom stereocenters. The normalized spacial score (nSPS) is 31.2. The SMILES string of the molecule is NO[C@H]1CC(=O)O[C@H](C=O)C1. The number of rotatable bonds is 2. The highest BCUT2D eigenvalue weighted by molar-refractivity contribution is 5.74. The summed E-state index contributed by atoms with van der Waals surface area (Å²) in [4.78, 5) is 25.3. The summed E-state index contributed by atoms with van der Waals surface area (Å²) >= 11 is 0. The summed E-state index contributed by atoms with van der Waals surface area (Å²) in [6.07, 6.45) is -0.0217. The number of aldehydes is 1. The van der Waals surface area contributed by atoms with E-state index in [4.69, 9.17) is 5.90 Å². The van der Waals surface area contributed by atoms with Crippen LogP contribution in [-0.4, -0.2) is 24.5 Å². The Kier molecular flexibility index (Phi) is 2.56. The van der Waals surface area contributed by atoms with E-state index in [1.807, 2.05) is 0 Å². The molecular formula is C6H9NO4. The molecule has 1 fully saturated rings. The second-order valence-electron chi connectivity index (χ2n) is 2.36. The standard InChI is InChI=1S/C6H9NO4/c7-11-4-1-5(3-8)10-6(9)2-4/h3-5H,1-2,7H2/t4-,5+/m1/s1. The summed E-state index contributed by atoms with van der Waals surface area (Å²) in [7, 11) is 0. The van der Waals surface area contributed by atoms with Crippen molar-refractivity contribution in [2.75, 3.05) is 0 Å². The van der Waals surface area contributed by atoms with Gasteiger partial charge in [-0.2, -0.15) is 0 Å². The van der Waals surface area contributed by atoms with Crippen molar-refractivity contribution in [1.29, 1.82) is 0 Å². The molecule has 5 nitrogen and oxygen atoms in total. The number of carbonyl (C=O) groups excluding carboxylic acids is 2. The van der Waals surface area contributed by atoms with Crippen molar-refractivity contribution in [1.82, 2.24) is 0 Å². The first kappa shape index (κ1) is 8.16. The van der Waals surface area contributed by atoms with Crippen LogP contribution in [0, 0.1) is 0 Å². The van der Waals surface area contributed by atoms with Crippen LogP contribution in [0.3, 0.4) is 0 Å². The van der Waals surface area contributed by atoms with Crippen LogP contribution in [0.5, 0.6) is 0 Å². The van der Waals surface area contributed by atoms with E-state index in [0.29, 0.717) is 12.7 Å². The molecule has 1 rings (SSSR count). The lowest BCUT2D eigenvalue weighted by Crippen LogP contribution is -2.36. The van der Waals surface area contributed by atoms with E-state index in [9.17, 15) is 9.59 Å². The molecule has 0 spiro atoms. The first-order valence-corrected chi connectivity index (χ1v) is 3.26. The van der Waals surface area contributed by atoms with Gasteiger partial charge < -0.3 is 9.57 Å². The summed E-state index contributed by atoms with van der Waals surface area (Å²) in [5, 5.41) is 0. The molecule has 0 aromatic rings. The van der Waals surface area contributed by atoms with Gasteiger partial charge in [-0.25, -0.2) is 5.90 Å². The van der Waals surface area contributed by atoms with Crippen molar-refractivity contribution >= 4 is 12.3 Å². The zero-order valence-electron chi connectivity index (χ0n) is 5.86. The van der Waals surface area contributed by atoms with Gasteiger partial charge in [-0.05, 0) is 0 Å².